The predicted molar refractivity (Wildman–Crippen MR) is 83.5 cm³/mol. The molecule has 0 aromatic heterocycles. The van der Waals surface area contributed by atoms with Gasteiger partial charge in [-0.1, -0.05) is 39.8 Å². The first-order valence-electron chi connectivity index (χ1n) is 7.30. The summed E-state index contributed by atoms with van der Waals surface area (Å²) >= 11 is 0. The minimum atomic E-state index is -0.915. The number of benzene rings is 1. The quantitative estimate of drug-likeness (QED) is 0.844. The highest BCUT2D eigenvalue weighted by molar-refractivity contribution is 5.95. The molecule has 0 bridgehead atoms. The number of amides is 1. The van der Waals surface area contributed by atoms with Gasteiger partial charge in [-0.2, -0.15) is 0 Å². The molecule has 0 saturated carbocycles. The predicted octanol–water partition coefficient (Wildman–Crippen LogP) is 3.43. The van der Waals surface area contributed by atoms with Gasteiger partial charge in [0.2, 0.25) is 0 Å². The Balaban J connectivity index is 2.89. The minimum absolute atomic E-state index is 0.0208. The Kier molecular flexibility index (Phi) is 5.53. The van der Waals surface area contributed by atoms with E-state index in [1.54, 1.807) is 19.1 Å². The molecule has 1 unspecified atom stereocenters. The van der Waals surface area contributed by atoms with Crippen molar-refractivity contribution in [1.82, 2.24) is 5.32 Å². The molecule has 0 saturated heterocycles. The van der Waals surface area contributed by atoms with Crippen molar-refractivity contribution in [2.75, 3.05) is 0 Å². The highest BCUT2D eigenvalue weighted by Crippen LogP contribution is 2.22. The van der Waals surface area contributed by atoms with Crippen LogP contribution in [0, 0.1) is 5.92 Å². The Morgan fingerprint density at radius 1 is 1.14 bits per heavy atom. The van der Waals surface area contributed by atoms with Gasteiger partial charge in [-0.3, -0.25) is 9.59 Å². The Morgan fingerprint density at radius 3 is 2.05 bits per heavy atom. The van der Waals surface area contributed by atoms with E-state index in [0.29, 0.717) is 11.5 Å². The summed E-state index contributed by atoms with van der Waals surface area (Å²) in [5.41, 5.74) is 0.958. The van der Waals surface area contributed by atoms with Gasteiger partial charge in [0.1, 0.15) is 0 Å². The lowest BCUT2D eigenvalue weighted by Gasteiger charge is -2.33. The van der Waals surface area contributed by atoms with Crippen molar-refractivity contribution in [2.24, 2.45) is 5.92 Å². The van der Waals surface area contributed by atoms with Crippen LogP contribution in [0.2, 0.25) is 0 Å². The van der Waals surface area contributed by atoms with Gasteiger partial charge in [0.25, 0.3) is 5.91 Å². The molecule has 2 N–H and O–H groups in total. The fraction of sp³-hybridized carbons (Fsp3) is 0.529. The molecular formula is C17H25NO3. The zero-order valence-electron chi connectivity index (χ0n) is 13.4. The van der Waals surface area contributed by atoms with Gasteiger partial charge in [0.15, 0.2) is 0 Å². The average Bonchev–Trinajstić information content (AvgIpc) is 2.37. The molecule has 116 valence electrons. The zero-order valence-corrected chi connectivity index (χ0v) is 13.4. The van der Waals surface area contributed by atoms with Gasteiger partial charge in [0.05, 0.1) is 12.0 Å². The zero-order chi connectivity index (χ0) is 16.2. The topological polar surface area (TPSA) is 66.4 Å². The van der Waals surface area contributed by atoms with Crippen LogP contribution < -0.4 is 5.32 Å². The normalized spacial score (nSPS) is 14.0. The van der Waals surface area contributed by atoms with E-state index in [0.717, 1.165) is 0 Å². The number of hydrogen-bond acceptors (Lipinski definition) is 2. The molecule has 4 heteroatoms. The molecule has 1 rings (SSSR count). The lowest BCUT2D eigenvalue weighted by molar-refractivity contribution is -0.138. The molecule has 0 aliphatic carbocycles. The Hall–Kier alpha value is -1.84. The summed E-state index contributed by atoms with van der Waals surface area (Å²) in [6.45, 7) is 9.78. The van der Waals surface area contributed by atoms with Crippen LogP contribution in [0.5, 0.6) is 0 Å². The summed E-state index contributed by atoms with van der Waals surface area (Å²) in [4.78, 5) is 23.3. The summed E-state index contributed by atoms with van der Waals surface area (Å²) in [6, 6.07) is 7.44. The molecule has 0 spiro atoms. The second-order valence-corrected chi connectivity index (χ2v) is 6.37. The Bertz CT molecular complexity index is 505. The van der Waals surface area contributed by atoms with Gasteiger partial charge in [-0.05, 0) is 36.5 Å². The number of carbonyl (C=O) groups excluding carboxylic acids is 1. The monoisotopic (exact) mass is 291 g/mol. The molecule has 1 atom stereocenters. The third-order valence-corrected chi connectivity index (χ3v) is 4.03. The second-order valence-electron chi connectivity index (χ2n) is 6.37. The molecule has 1 amide bonds. The molecule has 0 aliphatic rings. The average molecular weight is 291 g/mol. The van der Waals surface area contributed by atoms with E-state index in [9.17, 15) is 9.59 Å². The molecule has 4 nitrogen and oxygen atoms in total. The maximum Gasteiger partial charge on any atom is 0.305 e. The third-order valence-electron chi connectivity index (χ3n) is 4.03. The van der Waals surface area contributed by atoms with E-state index < -0.39 is 11.5 Å². The van der Waals surface area contributed by atoms with Crippen LogP contribution in [0.25, 0.3) is 0 Å². The van der Waals surface area contributed by atoms with Gasteiger partial charge in [-0.15, -0.1) is 0 Å². The van der Waals surface area contributed by atoms with E-state index in [-0.39, 0.29) is 18.2 Å². The standard InChI is InChI=1S/C17H25NO3/c1-11(2)13-6-8-14(9-7-13)16(21)18-17(5,12(3)4)10-15(19)20/h6-9,11-12H,10H2,1-5H3,(H,18,21)(H,19,20). The van der Waals surface area contributed by atoms with Gasteiger partial charge >= 0.3 is 5.97 Å². The number of carboxylic acids is 1. The molecule has 0 radical (unpaired) electrons. The first kappa shape index (κ1) is 17.2. The number of hydrogen-bond donors (Lipinski definition) is 2. The van der Waals surface area contributed by atoms with Crippen molar-refractivity contribution in [1.29, 1.82) is 0 Å². The number of aliphatic carboxylic acids is 1. The van der Waals surface area contributed by atoms with Crippen LogP contribution in [-0.4, -0.2) is 22.5 Å². The van der Waals surface area contributed by atoms with Crippen molar-refractivity contribution < 1.29 is 14.7 Å². The molecule has 1 aromatic rings. The van der Waals surface area contributed by atoms with Crippen LogP contribution in [0.3, 0.4) is 0 Å². The van der Waals surface area contributed by atoms with E-state index in [1.807, 2.05) is 26.0 Å². The van der Waals surface area contributed by atoms with Crippen molar-refractivity contribution in [3.8, 4) is 0 Å². The van der Waals surface area contributed by atoms with Gasteiger partial charge in [0, 0.05) is 5.56 Å². The van der Waals surface area contributed by atoms with E-state index in [2.05, 4.69) is 19.2 Å². The third kappa shape index (κ3) is 4.59. The van der Waals surface area contributed by atoms with Crippen molar-refractivity contribution in [3.05, 3.63) is 35.4 Å². The van der Waals surface area contributed by atoms with E-state index in [1.165, 1.54) is 5.56 Å². The molecule has 1 aromatic carbocycles. The van der Waals surface area contributed by atoms with E-state index in [4.69, 9.17) is 5.11 Å². The highest BCUT2D eigenvalue weighted by Gasteiger charge is 2.33. The lowest BCUT2D eigenvalue weighted by Crippen LogP contribution is -2.51. The fourth-order valence-electron chi connectivity index (χ4n) is 2.06. The van der Waals surface area contributed by atoms with Crippen LogP contribution in [0.15, 0.2) is 24.3 Å². The summed E-state index contributed by atoms with van der Waals surface area (Å²) < 4.78 is 0. The Labute approximate surface area is 126 Å². The van der Waals surface area contributed by atoms with Crippen LogP contribution >= 0.6 is 0 Å². The molecule has 0 fully saturated rings. The van der Waals surface area contributed by atoms with Crippen molar-refractivity contribution >= 4 is 11.9 Å². The summed E-state index contributed by atoms with van der Waals surface area (Å²) in [7, 11) is 0. The second kappa shape index (κ2) is 6.74. The van der Waals surface area contributed by atoms with Crippen molar-refractivity contribution in [2.45, 2.75) is 52.5 Å². The number of nitrogens with one attached hydrogen (secondary N) is 1. The summed E-state index contributed by atoms with van der Waals surface area (Å²) in [5, 5.41) is 11.9. The number of carbonyl (C=O) groups is 2. The van der Waals surface area contributed by atoms with Gasteiger partial charge in [-0.25, -0.2) is 0 Å². The SMILES string of the molecule is CC(C)c1ccc(C(=O)NC(C)(CC(=O)O)C(C)C)cc1. The largest absolute Gasteiger partial charge is 0.481 e. The molecule has 0 heterocycles. The van der Waals surface area contributed by atoms with Crippen molar-refractivity contribution in [3.63, 3.8) is 0 Å². The lowest BCUT2D eigenvalue weighted by atomic mass is 9.85. The van der Waals surface area contributed by atoms with Crippen LogP contribution in [0.4, 0.5) is 0 Å². The summed E-state index contributed by atoms with van der Waals surface area (Å²) in [6.07, 6.45) is -0.0967. The highest BCUT2D eigenvalue weighted by atomic mass is 16.4. The molecule has 0 aliphatic heterocycles. The molecular weight excluding hydrogens is 266 g/mol. The van der Waals surface area contributed by atoms with E-state index >= 15 is 0 Å². The molecule has 21 heavy (non-hydrogen) atoms. The fourth-order valence-corrected chi connectivity index (χ4v) is 2.06. The van der Waals surface area contributed by atoms with Crippen LogP contribution in [-0.2, 0) is 4.79 Å². The number of rotatable bonds is 6. The smallest absolute Gasteiger partial charge is 0.305 e. The minimum Gasteiger partial charge on any atom is -0.481 e. The summed E-state index contributed by atoms with van der Waals surface area (Å²) in [5.74, 6) is -0.716. The maximum atomic E-state index is 12.3. The maximum absolute atomic E-state index is 12.3. The first-order chi connectivity index (χ1) is 9.65. The number of carboxylic acid groups (broad SMARTS) is 1. The van der Waals surface area contributed by atoms with Crippen LogP contribution in [0.1, 0.15) is 62.9 Å². The first-order valence-corrected chi connectivity index (χ1v) is 7.30. The Morgan fingerprint density at radius 2 is 1.67 bits per heavy atom. The van der Waals surface area contributed by atoms with Gasteiger partial charge < -0.3 is 10.4 Å².